The number of aromatic nitrogens is 1. The summed E-state index contributed by atoms with van der Waals surface area (Å²) < 4.78 is 2.46. The van der Waals surface area contributed by atoms with Crippen molar-refractivity contribution >= 4 is 54.1 Å². The zero-order valence-electron chi connectivity index (χ0n) is 23.4. The van der Waals surface area contributed by atoms with Crippen LogP contribution in [0.4, 0.5) is 0 Å². The molecule has 198 valence electrons. The first-order valence-electron chi connectivity index (χ1n) is 15.0. The number of hydrogen-bond acceptors (Lipinski definition) is 0. The minimum absolute atomic E-state index is 1.18. The largest absolute Gasteiger partial charge is 0.309 e. The fourth-order valence-electron chi connectivity index (χ4n) is 7.70. The number of fused-ring (bicyclic) bond motifs is 10. The van der Waals surface area contributed by atoms with Gasteiger partial charge in [0.05, 0.1) is 11.0 Å². The van der Waals surface area contributed by atoms with E-state index in [2.05, 4.69) is 156 Å². The van der Waals surface area contributed by atoms with Crippen LogP contribution in [0.2, 0.25) is 0 Å². The van der Waals surface area contributed by atoms with Crippen LogP contribution in [0.25, 0.3) is 93.2 Å². The van der Waals surface area contributed by atoms with E-state index in [1.54, 1.807) is 0 Å². The third-order valence-corrected chi connectivity index (χ3v) is 9.51. The summed E-state index contributed by atoms with van der Waals surface area (Å²) in [6, 6.07) is 56.0. The summed E-state index contributed by atoms with van der Waals surface area (Å²) in [5.74, 6) is 0. The Bertz CT molecular complexity index is 2490. The van der Waals surface area contributed by atoms with E-state index in [9.17, 15) is 0 Å². The zero-order valence-corrected chi connectivity index (χ0v) is 23.4. The topological polar surface area (TPSA) is 4.93 Å². The van der Waals surface area contributed by atoms with Crippen molar-refractivity contribution in [2.75, 3.05) is 0 Å². The maximum absolute atomic E-state index is 2.46. The van der Waals surface area contributed by atoms with E-state index in [1.165, 1.54) is 93.2 Å². The lowest BCUT2D eigenvalue weighted by molar-refractivity contribution is 1.18. The Hall–Kier alpha value is -5.66. The third-order valence-electron chi connectivity index (χ3n) is 9.51. The third kappa shape index (κ3) is 3.06. The molecule has 1 aromatic heterocycles. The summed E-state index contributed by atoms with van der Waals surface area (Å²) in [6.07, 6.45) is 0. The van der Waals surface area contributed by atoms with Gasteiger partial charge in [-0.15, -0.1) is 0 Å². The molecule has 0 saturated carbocycles. The van der Waals surface area contributed by atoms with E-state index < -0.39 is 0 Å². The number of hydrogen-bond donors (Lipinski definition) is 0. The Morgan fingerprint density at radius 1 is 0.326 bits per heavy atom. The van der Waals surface area contributed by atoms with Crippen molar-refractivity contribution in [1.29, 1.82) is 0 Å². The van der Waals surface area contributed by atoms with Crippen molar-refractivity contribution in [2.45, 2.75) is 0 Å². The van der Waals surface area contributed by atoms with E-state index >= 15 is 0 Å². The van der Waals surface area contributed by atoms with Crippen molar-refractivity contribution < 1.29 is 0 Å². The van der Waals surface area contributed by atoms with Crippen LogP contribution in [0.1, 0.15) is 0 Å². The van der Waals surface area contributed by atoms with Gasteiger partial charge in [0.1, 0.15) is 0 Å². The van der Waals surface area contributed by atoms with E-state index in [1.807, 2.05) is 0 Å². The average molecular weight is 544 g/mol. The summed E-state index contributed by atoms with van der Waals surface area (Å²) in [7, 11) is 0. The lowest BCUT2D eigenvalue weighted by Gasteiger charge is -2.13. The molecule has 1 nitrogen and oxygen atoms in total. The zero-order chi connectivity index (χ0) is 28.1. The fraction of sp³-hybridized carbons (Fsp3) is 0. The van der Waals surface area contributed by atoms with Gasteiger partial charge in [0.2, 0.25) is 0 Å². The minimum atomic E-state index is 1.18. The first-order chi connectivity index (χ1) is 21.3. The fourth-order valence-corrected chi connectivity index (χ4v) is 7.70. The summed E-state index contributed by atoms with van der Waals surface area (Å²) in [5, 5.41) is 10.4. The molecule has 1 heterocycles. The highest BCUT2D eigenvalue weighted by atomic mass is 15.0. The van der Waals surface area contributed by atoms with Gasteiger partial charge in [0.15, 0.2) is 0 Å². The molecule has 8 aromatic carbocycles. The van der Waals surface area contributed by atoms with Gasteiger partial charge in [-0.3, -0.25) is 0 Å². The molecule has 1 aliphatic carbocycles. The molecule has 0 amide bonds. The van der Waals surface area contributed by atoms with Gasteiger partial charge in [-0.05, 0) is 90.0 Å². The van der Waals surface area contributed by atoms with Crippen molar-refractivity contribution in [3.05, 3.63) is 152 Å². The smallest absolute Gasteiger partial charge is 0.0547 e. The Morgan fingerprint density at radius 3 is 1.56 bits per heavy atom. The molecule has 0 aliphatic heterocycles. The van der Waals surface area contributed by atoms with Gasteiger partial charge >= 0.3 is 0 Å². The highest BCUT2D eigenvalue weighted by Crippen LogP contribution is 2.49. The Labute approximate surface area is 248 Å². The second-order valence-corrected chi connectivity index (χ2v) is 11.7. The molecule has 0 spiro atoms. The quantitative estimate of drug-likeness (QED) is 0.204. The van der Waals surface area contributed by atoms with Crippen LogP contribution in [-0.4, -0.2) is 4.57 Å². The first-order valence-corrected chi connectivity index (χ1v) is 15.0. The first kappa shape index (κ1) is 23.0. The van der Waals surface area contributed by atoms with Crippen LogP contribution >= 0.6 is 0 Å². The highest BCUT2D eigenvalue weighted by Gasteiger charge is 2.23. The molecule has 1 aliphatic rings. The molecule has 0 bridgehead atoms. The van der Waals surface area contributed by atoms with Gasteiger partial charge < -0.3 is 4.57 Å². The van der Waals surface area contributed by atoms with Crippen LogP contribution in [0.3, 0.4) is 0 Å². The van der Waals surface area contributed by atoms with Crippen molar-refractivity contribution in [2.24, 2.45) is 0 Å². The Balaban J connectivity index is 1.27. The van der Waals surface area contributed by atoms with Crippen molar-refractivity contribution in [3.63, 3.8) is 0 Å². The maximum Gasteiger partial charge on any atom is 0.0547 e. The monoisotopic (exact) mass is 543 g/mol. The van der Waals surface area contributed by atoms with Gasteiger partial charge in [-0.25, -0.2) is 0 Å². The number of nitrogens with zero attached hydrogens (tertiary/aromatic N) is 1. The summed E-state index contributed by atoms with van der Waals surface area (Å²) >= 11 is 0. The lowest BCUT2D eigenvalue weighted by Crippen LogP contribution is -1.94. The molecule has 1 heteroatoms. The predicted molar refractivity (Wildman–Crippen MR) is 183 cm³/mol. The summed E-state index contributed by atoms with van der Waals surface area (Å²) in [4.78, 5) is 0. The SMILES string of the molecule is c1cc(-c2ccc3c4c(cccc24)-c2ccccc2-3)cc(-n2c3ccc4ccccc4c3c3c4ccccc4ccc32)c1. The highest BCUT2D eigenvalue weighted by molar-refractivity contribution is 6.28. The van der Waals surface area contributed by atoms with Crippen LogP contribution in [0, 0.1) is 0 Å². The minimum Gasteiger partial charge on any atom is -0.309 e. The van der Waals surface area contributed by atoms with Gasteiger partial charge in [-0.1, -0.05) is 127 Å². The molecule has 9 aromatic rings. The second-order valence-electron chi connectivity index (χ2n) is 11.7. The predicted octanol–water partition coefficient (Wildman–Crippen LogP) is 11.6. The van der Waals surface area contributed by atoms with Gasteiger partial charge in [-0.2, -0.15) is 0 Å². The van der Waals surface area contributed by atoms with E-state index in [-0.39, 0.29) is 0 Å². The molecular weight excluding hydrogens is 518 g/mol. The molecule has 0 atom stereocenters. The maximum atomic E-state index is 2.46. The Kier molecular flexibility index (Phi) is 4.51. The number of rotatable bonds is 2. The molecule has 43 heavy (non-hydrogen) atoms. The van der Waals surface area contributed by atoms with Crippen LogP contribution in [0.15, 0.2) is 152 Å². The standard InChI is InChI=1S/C42H25N/c1-3-13-31-26(9-1)19-23-38-41(31)42-32-14-4-2-10-27(32)20-24-39(42)43(38)29-12-7-11-28(25-29)30-21-22-37-34-16-6-5-15-33(34)36-18-8-17-35(30)40(36)37/h1-25H. The molecule has 0 unspecified atom stereocenters. The van der Waals surface area contributed by atoms with Crippen LogP contribution < -0.4 is 0 Å². The van der Waals surface area contributed by atoms with Gasteiger partial charge in [0.25, 0.3) is 0 Å². The Morgan fingerprint density at radius 2 is 0.860 bits per heavy atom. The normalized spacial score (nSPS) is 12.2. The van der Waals surface area contributed by atoms with Crippen molar-refractivity contribution in [3.8, 4) is 39.1 Å². The van der Waals surface area contributed by atoms with Gasteiger partial charge in [0, 0.05) is 16.5 Å². The van der Waals surface area contributed by atoms with Crippen LogP contribution in [-0.2, 0) is 0 Å². The molecule has 0 saturated heterocycles. The van der Waals surface area contributed by atoms with Crippen LogP contribution in [0.5, 0.6) is 0 Å². The van der Waals surface area contributed by atoms with Crippen molar-refractivity contribution in [1.82, 2.24) is 4.57 Å². The summed E-state index contributed by atoms with van der Waals surface area (Å²) in [6.45, 7) is 0. The van der Waals surface area contributed by atoms with E-state index in [0.717, 1.165) is 0 Å². The molecule has 0 radical (unpaired) electrons. The molecule has 0 N–H and O–H groups in total. The van der Waals surface area contributed by atoms with E-state index in [0.29, 0.717) is 0 Å². The summed E-state index contributed by atoms with van der Waals surface area (Å²) in [5.41, 5.74) is 11.5. The number of benzene rings is 8. The van der Waals surface area contributed by atoms with E-state index in [4.69, 9.17) is 0 Å². The molecule has 0 fully saturated rings. The molecular formula is C42H25N. The molecule has 10 rings (SSSR count). The lowest BCUT2D eigenvalue weighted by atomic mass is 9.94. The average Bonchev–Trinajstić information content (AvgIpc) is 3.60. The second kappa shape index (κ2) is 8.44.